The van der Waals surface area contributed by atoms with Crippen LogP contribution in [0.5, 0.6) is 0 Å². The number of ether oxygens (including phenoxy) is 1. The average Bonchev–Trinajstić information content (AvgIpc) is 2.15. The lowest BCUT2D eigenvalue weighted by Gasteiger charge is -2.47. The van der Waals surface area contributed by atoms with Gasteiger partial charge in [0.05, 0.1) is 12.1 Å². The Morgan fingerprint density at radius 3 is 2.56 bits per heavy atom. The van der Waals surface area contributed by atoms with E-state index in [1.54, 1.807) is 4.90 Å². The molecule has 4 heteroatoms. The van der Waals surface area contributed by atoms with Gasteiger partial charge in [-0.1, -0.05) is 0 Å². The van der Waals surface area contributed by atoms with Crippen LogP contribution in [-0.2, 0) is 4.74 Å². The quantitative estimate of drug-likeness (QED) is 0.686. The van der Waals surface area contributed by atoms with E-state index in [9.17, 15) is 9.90 Å². The number of hydrogen-bond donors (Lipinski definition) is 1. The first-order valence-corrected chi connectivity index (χ1v) is 6.04. The lowest BCUT2D eigenvalue weighted by Crippen LogP contribution is -2.58. The molecule has 3 aliphatic rings. The Kier molecular flexibility index (Phi) is 2.86. The maximum absolute atomic E-state index is 11.9. The van der Waals surface area contributed by atoms with Crippen molar-refractivity contribution >= 4 is 6.09 Å². The maximum Gasteiger partial charge on any atom is 0.410 e. The number of piperidine rings is 2. The minimum atomic E-state index is -0.460. The number of fused-ring (bicyclic) bond motifs is 3. The summed E-state index contributed by atoms with van der Waals surface area (Å²) < 4.78 is 5.35. The molecule has 0 spiro atoms. The van der Waals surface area contributed by atoms with Crippen molar-refractivity contribution < 1.29 is 14.6 Å². The molecule has 2 heterocycles. The summed E-state index contributed by atoms with van der Waals surface area (Å²) in [6, 6.07) is -0.0279. The fourth-order valence-corrected chi connectivity index (χ4v) is 2.69. The zero-order chi connectivity index (χ0) is 11.9. The zero-order valence-electron chi connectivity index (χ0n) is 10.3. The minimum absolute atomic E-state index is 0.0279. The van der Waals surface area contributed by atoms with E-state index in [0.29, 0.717) is 5.92 Å². The zero-order valence-corrected chi connectivity index (χ0v) is 10.3. The Morgan fingerprint density at radius 2 is 2.06 bits per heavy atom. The fourth-order valence-electron chi connectivity index (χ4n) is 2.69. The summed E-state index contributed by atoms with van der Waals surface area (Å²) >= 11 is 0. The molecular formula is C12H21NO3. The maximum atomic E-state index is 11.9. The molecule has 2 aliphatic heterocycles. The molecule has 16 heavy (non-hydrogen) atoms. The van der Waals surface area contributed by atoms with Gasteiger partial charge in [-0.2, -0.15) is 0 Å². The number of hydrogen-bond acceptors (Lipinski definition) is 3. The Balaban J connectivity index is 2.02. The minimum Gasteiger partial charge on any atom is -0.444 e. The highest BCUT2D eigenvalue weighted by Crippen LogP contribution is 2.35. The molecule has 1 amide bonds. The number of rotatable bonds is 0. The van der Waals surface area contributed by atoms with Gasteiger partial charge in [0.15, 0.2) is 0 Å². The molecule has 1 aliphatic carbocycles. The molecule has 2 bridgehead atoms. The number of nitrogens with zero attached hydrogens (tertiary/aromatic N) is 1. The van der Waals surface area contributed by atoms with E-state index in [0.717, 1.165) is 25.8 Å². The van der Waals surface area contributed by atoms with Crippen molar-refractivity contribution in [3.05, 3.63) is 0 Å². The first-order valence-electron chi connectivity index (χ1n) is 6.04. The van der Waals surface area contributed by atoms with Gasteiger partial charge in [-0.3, -0.25) is 0 Å². The molecule has 0 aromatic carbocycles. The standard InChI is InChI=1S/C12H21NO3/c1-12(2,3)16-11(15)13-7-8-4-5-9(13)10(14)6-8/h8-10,14H,4-7H2,1-3H3/t8-,9-,10-/m0/s1. The van der Waals surface area contributed by atoms with Crippen LogP contribution in [-0.4, -0.2) is 40.4 Å². The lowest BCUT2D eigenvalue weighted by molar-refractivity contribution is -0.0637. The summed E-state index contributed by atoms with van der Waals surface area (Å²) in [5.41, 5.74) is -0.460. The van der Waals surface area contributed by atoms with Crippen LogP contribution in [0.15, 0.2) is 0 Å². The number of carbonyl (C=O) groups is 1. The first-order chi connectivity index (χ1) is 7.37. The van der Waals surface area contributed by atoms with Crippen molar-refractivity contribution in [3.63, 3.8) is 0 Å². The van der Waals surface area contributed by atoms with Crippen LogP contribution in [0.1, 0.15) is 40.0 Å². The van der Waals surface area contributed by atoms with Gasteiger partial charge in [0.25, 0.3) is 0 Å². The predicted molar refractivity (Wildman–Crippen MR) is 60.1 cm³/mol. The second kappa shape index (κ2) is 3.91. The van der Waals surface area contributed by atoms with Crippen LogP contribution in [0.2, 0.25) is 0 Å². The second-order valence-corrected chi connectivity index (χ2v) is 5.95. The van der Waals surface area contributed by atoms with Crippen LogP contribution < -0.4 is 0 Å². The molecule has 1 saturated carbocycles. The van der Waals surface area contributed by atoms with Gasteiger partial charge >= 0.3 is 6.09 Å². The Labute approximate surface area is 96.6 Å². The third kappa shape index (κ3) is 2.32. The van der Waals surface area contributed by atoms with Crippen molar-refractivity contribution in [1.82, 2.24) is 4.90 Å². The van der Waals surface area contributed by atoms with Crippen molar-refractivity contribution in [1.29, 1.82) is 0 Å². The molecule has 3 fully saturated rings. The van der Waals surface area contributed by atoms with Gasteiger partial charge < -0.3 is 14.7 Å². The molecule has 1 N–H and O–H groups in total. The summed E-state index contributed by atoms with van der Waals surface area (Å²) in [6.45, 7) is 6.34. The van der Waals surface area contributed by atoms with Crippen LogP contribution in [0.25, 0.3) is 0 Å². The molecule has 4 nitrogen and oxygen atoms in total. The van der Waals surface area contributed by atoms with Gasteiger partial charge in [-0.05, 0) is 46.0 Å². The first kappa shape index (κ1) is 11.7. The number of amides is 1. The summed E-state index contributed by atoms with van der Waals surface area (Å²) in [5, 5.41) is 9.87. The highest BCUT2D eigenvalue weighted by molar-refractivity contribution is 5.69. The smallest absolute Gasteiger partial charge is 0.410 e. The van der Waals surface area contributed by atoms with E-state index >= 15 is 0 Å². The van der Waals surface area contributed by atoms with Gasteiger partial charge in [0, 0.05) is 6.54 Å². The van der Waals surface area contributed by atoms with E-state index in [1.807, 2.05) is 20.8 Å². The van der Waals surface area contributed by atoms with Gasteiger partial charge in [-0.25, -0.2) is 4.79 Å². The third-order valence-corrected chi connectivity index (χ3v) is 3.37. The monoisotopic (exact) mass is 227 g/mol. The molecule has 0 aromatic rings. The van der Waals surface area contributed by atoms with Crippen LogP contribution in [0.3, 0.4) is 0 Å². The normalized spacial score (nSPS) is 34.0. The molecular weight excluding hydrogens is 206 g/mol. The fraction of sp³-hybridized carbons (Fsp3) is 0.917. The summed E-state index contributed by atoms with van der Waals surface area (Å²) in [5.74, 6) is 0.451. The summed E-state index contributed by atoms with van der Waals surface area (Å²) in [4.78, 5) is 13.7. The SMILES string of the molecule is CC(C)(C)OC(=O)N1C[C@H]2CC[C@H]1[C@@H](O)C2. The molecule has 0 unspecified atom stereocenters. The predicted octanol–water partition coefficient (Wildman–Crippen LogP) is 1.77. The topological polar surface area (TPSA) is 49.8 Å². The Morgan fingerprint density at radius 1 is 1.38 bits per heavy atom. The van der Waals surface area contributed by atoms with E-state index < -0.39 is 5.60 Å². The largest absolute Gasteiger partial charge is 0.444 e. The molecule has 2 saturated heterocycles. The Hall–Kier alpha value is -0.770. The highest BCUT2D eigenvalue weighted by atomic mass is 16.6. The second-order valence-electron chi connectivity index (χ2n) is 5.95. The highest BCUT2D eigenvalue weighted by Gasteiger charge is 2.43. The number of aliphatic hydroxyl groups excluding tert-OH is 1. The van der Waals surface area contributed by atoms with Crippen molar-refractivity contribution in [2.75, 3.05) is 6.54 Å². The summed E-state index contributed by atoms with van der Waals surface area (Å²) in [6.07, 6.45) is 2.23. The van der Waals surface area contributed by atoms with E-state index in [-0.39, 0.29) is 18.2 Å². The van der Waals surface area contributed by atoms with E-state index in [2.05, 4.69) is 0 Å². The molecule has 0 radical (unpaired) electrons. The lowest BCUT2D eigenvalue weighted by atomic mass is 9.78. The molecule has 0 aromatic heterocycles. The van der Waals surface area contributed by atoms with Gasteiger partial charge in [-0.15, -0.1) is 0 Å². The van der Waals surface area contributed by atoms with Crippen molar-refractivity contribution in [2.24, 2.45) is 5.92 Å². The summed E-state index contributed by atoms with van der Waals surface area (Å²) in [7, 11) is 0. The van der Waals surface area contributed by atoms with Crippen LogP contribution in [0.4, 0.5) is 4.79 Å². The molecule has 92 valence electrons. The van der Waals surface area contributed by atoms with E-state index in [4.69, 9.17) is 4.74 Å². The average molecular weight is 227 g/mol. The molecule has 3 atom stereocenters. The third-order valence-electron chi connectivity index (χ3n) is 3.37. The van der Waals surface area contributed by atoms with Crippen LogP contribution in [0, 0.1) is 5.92 Å². The van der Waals surface area contributed by atoms with Crippen LogP contribution >= 0.6 is 0 Å². The van der Waals surface area contributed by atoms with Gasteiger partial charge in [0.1, 0.15) is 5.60 Å². The number of aliphatic hydroxyl groups is 1. The molecule has 3 rings (SSSR count). The Bertz CT molecular complexity index is 284. The van der Waals surface area contributed by atoms with Crippen molar-refractivity contribution in [2.45, 2.75) is 57.8 Å². The number of carbonyl (C=O) groups excluding carboxylic acids is 1. The van der Waals surface area contributed by atoms with Crippen molar-refractivity contribution in [3.8, 4) is 0 Å². The van der Waals surface area contributed by atoms with Gasteiger partial charge in [0.2, 0.25) is 0 Å². The van der Waals surface area contributed by atoms with E-state index in [1.165, 1.54) is 0 Å².